The second-order valence-electron chi connectivity index (χ2n) is 11.7. The largest absolute Gasteiger partial charge is 0.413 e. The highest BCUT2D eigenvalue weighted by atomic mass is 79.9. The molecule has 2 N–H and O–H groups in total. The summed E-state index contributed by atoms with van der Waals surface area (Å²) in [6.45, 7) is 13.7. The number of aryl methyl sites for hydroxylation is 1. The zero-order valence-electron chi connectivity index (χ0n) is 23.0. The van der Waals surface area contributed by atoms with Crippen LogP contribution in [0.25, 0.3) is 0 Å². The molecule has 0 aliphatic heterocycles. The van der Waals surface area contributed by atoms with Crippen LogP contribution in [0.3, 0.4) is 0 Å². The molecular formula is C28H38BrN5O3Si. The van der Waals surface area contributed by atoms with Crippen LogP contribution in [0.4, 0.5) is 5.82 Å². The van der Waals surface area contributed by atoms with Crippen molar-refractivity contribution >= 4 is 35.8 Å². The lowest BCUT2D eigenvalue weighted by Crippen LogP contribution is -2.45. The molecule has 3 aromatic rings. The Morgan fingerprint density at radius 2 is 2.03 bits per heavy atom. The van der Waals surface area contributed by atoms with Crippen molar-refractivity contribution in [3.8, 4) is 0 Å². The van der Waals surface area contributed by atoms with Gasteiger partial charge in [0.25, 0.3) is 0 Å². The predicted octanol–water partition coefficient (Wildman–Crippen LogP) is 5.60. The second-order valence-corrected chi connectivity index (χ2v) is 17.4. The van der Waals surface area contributed by atoms with E-state index in [4.69, 9.17) is 4.43 Å². The van der Waals surface area contributed by atoms with E-state index in [0.29, 0.717) is 23.6 Å². The first-order valence-electron chi connectivity index (χ1n) is 13.1. The number of rotatable bonds is 9. The number of nitrogens with zero attached hydrogens (tertiary/aromatic N) is 4. The third kappa shape index (κ3) is 6.42. The van der Waals surface area contributed by atoms with Crippen molar-refractivity contribution < 1.29 is 14.3 Å². The molecule has 3 atom stereocenters. The summed E-state index contributed by atoms with van der Waals surface area (Å²) in [6, 6.07) is 9.86. The van der Waals surface area contributed by atoms with Crippen LogP contribution in [-0.4, -0.2) is 57.7 Å². The van der Waals surface area contributed by atoms with Gasteiger partial charge in [-0.3, -0.25) is 9.48 Å². The number of aromatic nitrogens is 4. The van der Waals surface area contributed by atoms with E-state index in [1.54, 1.807) is 12.3 Å². The highest BCUT2D eigenvalue weighted by molar-refractivity contribution is 9.10. The molecule has 204 valence electrons. The molecule has 1 saturated carbocycles. The number of halogens is 1. The van der Waals surface area contributed by atoms with E-state index in [-0.39, 0.29) is 35.5 Å². The Morgan fingerprint density at radius 3 is 2.71 bits per heavy atom. The van der Waals surface area contributed by atoms with Gasteiger partial charge in [0.2, 0.25) is 5.78 Å². The van der Waals surface area contributed by atoms with Gasteiger partial charge in [0.05, 0.1) is 18.2 Å². The molecule has 0 spiro atoms. The van der Waals surface area contributed by atoms with Crippen molar-refractivity contribution in [3.63, 3.8) is 0 Å². The van der Waals surface area contributed by atoms with Gasteiger partial charge in [-0.1, -0.05) is 48.8 Å². The Hall–Kier alpha value is -2.40. The van der Waals surface area contributed by atoms with Gasteiger partial charge in [-0.15, -0.1) is 0 Å². The maximum absolute atomic E-state index is 13.5. The number of carbonyl (C=O) groups excluding carboxylic acids is 1. The number of aliphatic hydroxyl groups excluding tert-OH is 1. The number of anilines is 1. The van der Waals surface area contributed by atoms with Crippen molar-refractivity contribution in [1.29, 1.82) is 0 Å². The van der Waals surface area contributed by atoms with Gasteiger partial charge < -0.3 is 14.8 Å². The number of ketones is 1. The van der Waals surface area contributed by atoms with Crippen molar-refractivity contribution in [2.75, 3.05) is 11.9 Å². The predicted molar refractivity (Wildman–Crippen MR) is 155 cm³/mol. The number of hydrogen-bond donors (Lipinski definition) is 2. The molecular weight excluding hydrogens is 562 g/mol. The average molecular weight is 601 g/mol. The van der Waals surface area contributed by atoms with Crippen LogP contribution in [0.5, 0.6) is 0 Å². The molecule has 1 fully saturated rings. The Kier molecular flexibility index (Phi) is 8.56. The summed E-state index contributed by atoms with van der Waals surface area (Å²) in [5.74, 6) is 0.299. The minimum absolute atomic E-state index is 0.0270. The highest BCUT2D eigenvalue weighted by Gasteiger charge is 2.44. The third-order valence-corrected chi connectivity index (χ3v) is 12.8. The Balaban J connectivity index is 1.50. The summed E-state index contributed by atoms with van der Waals surface area (Å²) in [5, 5.41) is 18.2. The van der Waals surface area contributed by atoms with Gasteiger partial charge >= 0.3 is 0 Å². The van der Waals surface area contributed by atoms with E-state index in [9.17, 15) is 9.90 Å². The molecule has 1 aromatic carbocycles. The molecule has 0 unspecified atom stereocenters. The van der Waals surface area contributed by atoms with Gasteiger partial charge in [0.15, 0.2) is 8.32 Å². The molecule has 10 heteroatoms. The van der Waals surface area contributed by atoms with Gasteiger partial charge in [-0.2, -0.15) is 5.10 Å². The molecule has 0 bridgehead atoms. The molecule has 0 radical (unpaired) electrons. The molecule has 0 amide bonds. The number of benzene rings is 1. The minimum atomic E-state index is -1.99. The Bertz CT molecular complexity index is 1290. The Labute approximate surface area is 234 Å². The van der Waals surface area contributed by atoms with Gasteiger partial charge in [0.1, 0.15) is 17.8 Å². The van der Waals surface area contributed by atoms with E-state index < -0.39 is 8.32 Å². The first-order chi connectivity index (χ1) is 17.9. The summed E-state index contributed by atoms with van der Waals surface area (Å²) in [4.78, 5) is 22.1. The summed E-state index contributed by atoms with van der Waals surface area (Å²) in [7, 11) is -1.99. The molecule has 2 heterocycles. The van der Waals surface area contributed by atoms with Gasteiger partial charge in [0, 0.05) is 34.9 Å². The standard InChI is InChI=1S/C28H38BrN5O3Si/c1-18-10-24(33-34(18)15-19-8-7-9-21(29)11-19)26(36)23-14-30-17-31-27(23)32-22-12-20(16-35)25(13-22)37-38(5,6)28(2,3)4/h7-11,14,17,20,22,25,35H,12-13,15-16H2,1-6H3,(H,30,31,32)/t20-,22+,25-/m0/s1. The number of carbonyl (C=O) groups is 1. The normalized spacial score (nSPS) is 20.1. The average Bonchev–Trinajstić information content (AvgIpc) is 3.40. The molecule has 8 nitrogen and oxygen atoms in total. The van der Waals surface area contributed by atoms with Crippen LogP contribution < -0.4 is 5.32 Å². The van der Waals surface area contributed by atoms with Crippen molar-refractivity contribution in [2.45, 2.75) is 77.4 Å². The van der Waals surface area contributed by atoms with Crippen molar-refractivity contribution in [2.24, 2.45) is 5.92 Å². The van der Waals surface area contributed by atoms with E-state index >= 15 is 0 Å². The van der Waals surface area contributed by atoms with E-state index in [0.717, 1.165) is 28.6 Å². The highest BCUT2D eigenvalue weighted by Crippen LogP contribution is 2.41. The van der Waals surface area contributed by atoms with Gasteiger partial charge in [-0.25, -0.2) is 9.97 Å². The quantitative estimate of drug-likeness (QED) is 0.244. The second kappa shape index (κ2) is 11.4. The summed E-state index contributed by atoms with van der Waals surface area (Å²) in [5.41, 5.74) is 2.72. The number of nitrogens with one attached hydrogen (secondary N) is 1. The summed E-state index contributed by atoms with van der Waals surface area (Å²) >= 11 is 3.51. The zero-order chi connectivity index (χ0) is 27.7. The van der Waals surface area contributed by atoms with Crippen molar-refractivity contribution in [3.05, 3.63) is 69.8 Å². The zero-order valence-corrected chi connectivity index (χ0v) is 25.6. The molecule has 38 heavy (non-hydrogen) atoms. The molecule has 1 aliphatic rings. The SMILES string of the molecule is Cc1cc(C(=O)c2cncnc2N[C@@H]2C[C@@H](CO)[C@@H](O[Si](C)(C)C(C)(C)C)C2)nn1Cc1cccc(Br)c1. The first kappa shape index (κ1) is 28.6. The fourth-order valence-electron chi connectivity index (χ4n) is 4.63. The molecule has 4 rings (SSSR count). The lowest BCUT2D eigenvalue weighted by atomic mass is 10.1. The maximum Gasteiger partial charge on any atom is 0.218 e. The van der Waals surface area contributed by atoms with Crippen molar-refractivity contribution in [1.82, 2.24) is 19.7 Å². The van der Waals surface area contributed by atoms with Crippen LogP contribution in [-0.2, 0) is 11.0 Å². The van der Waals surface area contributed by atoms with E-state index in [1.165, 1.54) is 6.33 Å². The van der Waals surface area contributed by atoms with Crippen LogP contribution in [0.1, 0.15) is 60.9 Å². The summed E-state index contributed by atoms with van der Waals surface area (Å²) in [6.07, 6.45) is 4.44. The Morgan fingerprint density at radius 1 is 1.26 bits per heavy atom. The fourth-order valence-corrected chi connectivity index (χ4v) is 6.47. The smallest absolute Gasteiger partial charge is 0.218 e. The third-order valence-electron chi connectivity index (χ3n) is 7.85. The fraction of sp³-hybridized carbons (Fsp3) is 0.500. The van der Waals surface area contributed by atoms with Crippen LogP contribution in [0, 0.1) is 12.8 Å². The monoisotopic (exact) mass is 599 g/mol. The van der Waals surface area contributed by atoms with Crippen LogP contribution >= 0.6 is 15.9 Å². The number of hydrogen-bond acceptors (Lipinski definition) is 7. The topological polar surface area (TPSA) is 102 Å². The molecule has 1 aliphatic carbocycles. The van der Waals surface area contributed by atoms with Crippen LogP contribution in [0.2, 0.25) is 18.1 Å². The van der Waals surface area contributed by atoms with Gasteiger partial charge in [-0.05, 0) is 61.7 Å². The first-order valence-corrected chi connectivity index (χ1v) is 16.8. The summed E-state index contributed by atoms with van der Waals surface area (Å²) < 4.78 is 9.51. The van der Waals surface area contributed by atoms with Crippen LogP contribution in [0.15, 0.2) is 47.3 Å². The van der Waals surface area contributed by atoms with E-state index in [1.807, 2.05) is 35.9 Å². The number of aliphatic hydroxyl groups is 1. The molecule has 0 saturated heterocycles. The van der Waals surface area contributed by atoms with E-state index in [2.05, 4.69) is 70.2 Å². The molecule has 2 aromatic heterocycles. The lowest BCUT2D eigenvalue weighted by Gasteiger charge is -2.39. The lowest BCUT2D eigenvalue weighted by molar-refractivity contribution is 0.0980. The minimum Gasteiger partial charge on any atom is -0.413 e. The maximum atomic E-state index is 13.5.